The van der Waals surface area contributed by atoms with Gasteiger partial charge in [0.05, 0.1) is 5.75 Å². The number of sulfone groups is 1. The first-order chi connectivity index (χ1) is 9.70. The lowest BCUT2D eigenvalue weighted by Gasteiger charge is -2.25. The van der Waals surface area contributed by atoms with Crippen LogP contribution in [0.4, 0.5) is 10.8 Å². The molecule has 1 aromatic rings. The number of hydrogen-bond donors (Lipinski definition) is 2. The fraction of sp³-hybridized carbons (Fsp3) is 0.786. The normalized spacial score (nSPS) is 12.6. The molecule has 0 aromatic carbocycles. The maximum Gasteiger partial charge on any atom is 0.185 e. The smallest absolute Gasteiger partial charge is 0.185 e. The number of hydrogen-bond acceptors (Lipinski definition) is 6. The van der Waals surface area contributed by atoms with Gasteiger partial charge in [0.1, 0.15) is 9.90 Å². The molecule has 0 saturated heterocycles. The van der Waals surface area contributed by atoms with Crippen LogP contribution >= 0.6 is 11.5 Å². The standard InChI is InChI=1S/C14H27N3O2S2/c1-6-7-21(18,19)12-13(15)17-20-14(12)16-8-11(9(2)3)10(4)5/h9-11,16H,6-8H2,1-5H3,(H2,15,17). The Kier molecular flexibility index (Phi) is 6.46. The quantitative estimate of drug-likeness (QED) is 0.763. The van der Waals surface area contributed by atoms with Crippen LogP contribution in [0, 0.1) is 17.8 Å². The lowest BCUT2D eigenvalue weighted by molar-refractivity contribution is 0.304. The van der Waals surface area contributed by atoms with Gasteiger partial charge in [0.25, 0.3) is 0 Å². The zero-order chi connectivity index (χ0) is 16.2. The molecule has 7 heteroatoms. The minimum atomic E-state index is -3.36. The van der Waals surface area contributed by atoms with Gasteiger partial charge in [-0.05, 0) is 35.7 Å². The Hall–Kier alpha value is -0.820. The molecule has 0 aliphatic heterocycles. The highest BCUT2D eigenvalue weighted by atomic mass is 32.2. The van der Waals surface area contributed by atoms with Crippen molar-refractivity contribution in [2.75, 3.05) is 23.3 Å². The Labute approximate surface area is 132 Å². The molecule has 0 saturated carbocycles. The third kappa shape index (κ3) is 4.57. The van der Waals surface area contributed by atoms with Crippen LogP contribution < -0.4 is 11.1 Å². The highest BCUT2D eigenvalue weighted by Crippen LogP contribution is 2.33. The van der Waals surface area contributed by atoms with Crippen LogP contribution in [0.1, 0.15) is 41.0 Å². The van der Waals surface area contributed by atoms with Gasteiger partial charge in [-0.25, -0.2) is 8.42 Å². The van der Waals surface area contributed by atoms with Crippen molar-refractivity contribution in [1.29, 1.82) is 0 Å². The summed E-state index contributed by atoms with van der Waals surface area (Å²) in [6, 6.07) is 0. The summed E-state index contributed by atoms with van der Waals surface area (Å²) < 4.78 is 28.6. The van der Waals surface area contributed by atoms with Gasteiger partial charge in [0.15, 0.2) is 15.7 Å². The second-order valence-corrected chi connectivity index (χ2v) is 8.90. The van der Waals surface area contributed by atoms with Crippen molar-refractivity contribution in [2.45, 2.75) is 45.9 Å². The van der Waals surface area contributed by atoms with Crippen molar-refractivity contribution in [2.24, 2.45) is 17.8 Å². The molecule has 1 heterocycles. The van der Waals surface area contributed by atoms with Crippen molar-refractivity contribution in [3.05, 3.63) is 0 Å². The number of nitrogens with two attached hydrogens (primary N) is 1. The van der Waals surface area contributed by atoms with Crippen molar-refractivity contribution in [3.63, 3.8) is 0 Å². The van der Waals surface area contributed by atoms with Gasteiger partial charge in [-0.15, -0.1) is 0 Å². The van der Waals surface area contributed by atoms with Crippen molar-refractivity contribution in [3.8, 4) is 0 Å². The fourth-order valence-corrected chi connectivity index (χ4v) is 5.16. The second-order valence-electron chi connectivity index (χ2n) is 6.08. The summed E-state index contributed by atoms with van der Waals surface area (Å²) in [6.07, 6.45) is 0.567. The van der Waals surface area contributed by atoms with Crippen LogP contribution in [0.3, 0.4) is 0 Å². The van der Waals surface area contributed by atoms with Crippen LogP contribution in [0.5, 0.6) is 0 Å². The summed E-state index contributed by atoms with van der Waals surface area (Å²) in [5, 5.41) is 3.83. The molecule has 3 N–H and O–H groups in total. The van der Waals surface area contributed by atoms with Crippen LogP contribution in [0.25, 0.3) is 0 Å². The highest BCUT2D eigenvalue weighted by molar-refractivity contribution is 7.91. The lowest BCUT2D eigenvalue weighted by atomic mass is 9.85. The molecule has 0 unspecified atom stereocenters. The largest absolute Gasteiger partial charge is 0.382 e. The molecule has 0 atom stereocenters. The number of nitrogens with one attached hydrogen (secondary N) is 1. The summed E-state index contributed by atoms with van der Waals surface area (Å²) in [6.45, 7) is 11.3. The van der Waals surface area contributed by atoms with Gasteiger partial charge >= 0.3 is 0 Å². The van der Waals surface area contributed by atoms with E-state index in [0.717, 1.165) is 18.1 Å². The summed E-state index contributed by atoms with van der Waals surface area (Å²) >= 11 is 1.13. The molecule has 0 bridgehead atoms. The van der Waals surface area contributed by atoms with Gasteiger partial charge in [0.2, 0.25) is 0 Å². The summed E-state index contributed by atoms with van der Waals surface area (Å²) in [5.74, 6) is 1.73. The molecule has 1 aromatic heterocycles. The third-order valence-corrected chi connectivity index (χ3v) is 6.60. The molecule has 0 radical (unpaired) electrons. The number of nitrogen functional groups attached to an aromatic ring is 1. The summed E-state index contributed by atoms with van der Waals surface area (Å²) in [7, 11) is -3.36. The van der Waals surface area contributed by atoms with E-state index in [9.17, 15) is 8.42 Å². The van der Waals surface area contributed by atoms with Crippen molar-refractivity contribution in [1.82, 2.24) is 4.37 Å². The van der Waals surface area contributed by atoms with Gasteiger partial charge < -0.3 is 11.1 Å². The van der Waals surface area contributed by atoms with E-state index in [-0.39, 0.29) is 16.5 Å². The molecule has 1 rings (SSSR count). The van der Waals surface area contributed by atoms with E-state index < -0.39 is 9.84 Å². The Morgan fingerprint density at radius 2 is 1.81 bits per heavy atom. The van der Waals surface area contributed by atoms with E-state index in [2.05, 4.69) is 37.4 Å². The van der Waals surface area contributed by atoms with E-state index in [4.69, 9.17) is 5.73 Å². The fourth-order valence-electron chi connectivity index (χ4n) is 2.53. The minimum Gasteiger partial charge on any atom is -0.382 e. The predicted molar refractivity (Wildman–Crippen MR) is 90.5 cm³/mol. The zero-order valence-electron chi connectivity index (χ0n) is 13.5. The van der Waals surface area contributed by atoms with Gasteiger partial charge in [0, 0.05) is 6.54 Å². The predicted octanol–water partition coefficient (Wildman–Crippen LogP) is 3.25. The van der Waals surface area contributed by atoms with E-state index >= 15 is 0 Å². The zero-order valence-corrected chi connectivity index (χ0v) is 15.1. The van der Waals surface area contributed by atoms with Crippen LogP contribution in [-0.2, 0) is 9.84 Å². The minimum absolute atomic E-state index is 0.0993. The molecule has 0 fully saturated rings. The Bertz CT molecular complexity index is 543. The molecule has 0 amide bonds. The molecule has 0 spiro atoms. The number of aromatic nitrogens is 1. The van der Waals surface area contributed by atoms with Crippen LogP contribution in [0.15, 0.2) is 4.90 Å². The first-order valence-corrected chi connectivity index (χ1v) is 9.85. The van der Waals surface area contributed by atoms with Crippen LogP contribution in [-0.4, -0.2) is 25.1 Å². The van der Waals surface area contributed by atoms with Crippen molar-refractivity contribution >= 4 is 32.2 Å². The topological polar surface area (TPSA) is 85.1 Å². The van der Waals surface area contributed by atoms with Gasteiger partial charge in [-0.2, -0.15) is 4.37 Å². The third-order valence-electron chi connectivity index (χ3n) is 3.67. The Morgan fingerprint density at radius 3 is 2.29 bits per heavy atom. The second kappa shape index (κ2) is 7.45. The van der Waals surface area contributed by atoms with E-state index in [0.29, 0.717) is 29.2 Å². The van der Waals surface area contributed by atoms with E-state index in [1.54, 1.807) is 0 Å². The molecule has 0 aliphatic carbocycles. The molecule has 21 heavy (non-hydrogen) atoms. The first-order valence-electron chi connectivity index (χ1n) is 7.42. The summed E-state index contributed by atoms with van der Waals surface area (Å²) in [4.78, 5) is 0.181. The molecule has 122 valence electrons. The Morgan fingerprint density at radius 1 is 1.24 bits per heavy atom. The van der Waals surface area contributed by atoms with Crippen molar-refractivity contribution < 1.29 is 8.42 Å². The average Bonchev–Trinajstić information content (AvgIpc) is 2.70. The molecular formula is C14H27N3O2S2. The maximum absolute atomic E-state index is 12.3. The highest BCUT2D eigenvalue weighted by Gasteiger charge is 2.26. The Balaban J connectivity index is 2.96. The lowest BCUT2D eigenvalue weighted by Crippen LogP contribution is -2.24. The SMILES string of the molecule is CCCS(=O)(=O)c1c(N)nsc1NCC(C(C)C)C(C)C. The first kappa shape index (κ1) is 18.2. The number of nitrogens with zero attached hydrogens (tertiary/aromatic N) is 1. The number of rotatable bonds is 8. The van der Waals surface area contributed by atoms with Crippen LogP contribution in [0.2, 0.25) is 0 Å². The van der Waals surface area contributed by atoms with Gasteiger partial charge in [-0.1, -0.05) is 34.6 Å². The average molecular weight is 334 g/mol. The molecule has 0 aliphatic rings. The number of anilines is 2. The van der Waals surface area contributed by atoms with Gasteiger partial charge in [-0.3, -0.25) is 0 Å². The van der Waals surface area contributed by atoms with E-state index in [1.807, 2.05) is 6.92 Å². The monoisotopic (exact) mass is 333 g/mol. The molecular weight excluding hydrogens is 306 g/mol. The van der Waals surface area contributed by atoms with E-state index in [1.165, 1.54) is 0 Å². The maximum atomic E-state index is 12.3. The summed E-state index contributed by atoms with van der Waals surface area (Å²) in [5.41, 5.74) is 5.76. The molecule has 5 nitrogen and oxygen atoms in total.